The highest BCUT2D eigenvalue weighted by atomic mass is 32.2. The van der Waals surface area contributed by atoms with Crippen LogP contribution in [-0.4, -0.2) is 31.3 Å². The second-order valence-electron chi connectivity index (χ2n) is 6.18. The van der Waals surface area contributed by atoms with E-state index in [0.717, 1.165) is 16.7 Å². The minimum atomic E-state index is -4.02. The van der Waals surface area contributed by atoms with Gasteiger partial charge in [-0.1, -0.05) is 47.5 Å². The number of esters is 1. The molecular weight excluding hydrogens is 382 g/mol. The Morgan fingerprint density at radius 3 is 1.89 bits per heavy atom. The van der Waals surface area contributed by atoms with Crippen molar-refractivity contribution in [3.63, 3.8) is 0 Å². The van der Waals surface area contributed by atoms with Crippen LogP contribution in [0.25, 0.3) is 0 Å². The lowest BCUT2D eigenvalue weighted by Crippen LogP contribution is -2.15. The van der Waals surface area contributed by atoms with E-state index in [0.29, 0.717) is 0 Å². The summed E-state index contributed by atoms with van der Waals surface area (Å²) < 4.78 is 34.6. The lowest BCUT2D eigenvalue weighted by molar-refractivity contribution is -0.146. The fourth-order valence-electron chi connectivity index (χ4n) is 1.97. The Hall–Kier alpha value is -2.55. The molecule has 2 aromatic carbocycles. The zero-order valence-corrected chi connectivity index (χ0v) is 16.7. The molecule has 0 saturated heterocycles. The van der Waals surface area contributed by atoms with Gasteiger partial charge in [0.15, 0.2) is 0 Å². The van der Waals surface area contributed by atoms with Gasteiger partial charge in [0, 0.05) is 6.42 Å². The topological polar surface area (TPSA) is 124 Å². The van der Waals surface area contributed by atoms with Gasteiger partial charge in [0.2, 0.25) is 0 Å². The molecule has 0 amide bonds. The number of aryl methyl sites for hydroxylation is 2. The average molecular weight is 407 g/mol. The number of nitrogens with two attached hydrogens (primary N) is 1. The molecule has 0 saturated carbocycles. The molecule has 152 valence electrons. The van der Waals surface area contributed by atoms with E-state index in [1.54, 1.807) is 12.1 Å². The number of rotatable bonds is 7. The number of ether oxygens (including phenoxy) is 1. The average Bonchev–Trinajstić information content (AvgIpc) is 2.65. The normalized spacial score (nSPS) is 10.6. The van der Waals surface area contributed by atoms with Gasteiger partial charge in [-0.3, -0.25) is 14.1 Å². The van der Waals surface area contributed by atoms with E-state index in [9.17, 15) is 18.0 Å². The van der Waals surface area contributed by atoms with Crippen LogP contribution in [0.2, 0.25) is 0 Å². The number of carbonyl (C=O) groups excluding carboxylic acids is 2. The molecule has 0 heterocycles. The number of Topliss-reactive ketones (excluding diaryl/α,β-unsaturated/α-hetero) is 1. The van der Waals surface area contributed by atoms with Crippen LogP contribution in [0, 0.1) is 13.8 Å². The fraction of sp³-hybridized carbons (Fsp3) is 0.300. The first kappa shape index (κ1) is 23.5. The molecule has 0 aliphatic rings. The summed E-state index contributed by atoms with van der Waals surface area (Å²) in [4.78, 5) is 22.1. The van der Waals surface area contributed by atoms with Gasteiger partial charge in [-0.25, -0.2) is 0 Å². The third kappa shape index (κ3) is 9.40. The summed E-state index contributed by atoms with van der Waals surface area (Å²) in [6, 6.07) is 13.7. The molecule has 0 spiro atoms. The molecule has 0 atom stereocenters. The maximum atomic E-state index is 11.3. The molecule has 28 heavy (non-hydrogen) atoms. The maximum absolute atomic E-state index is 11.3. The van der Waals surface area contributed by atoms with E-state index >= 15 is 0 Å². The number of ketones is 1. The Balaban J connectivity index is 0.000000307. The van der Waals surface area contributed by atoms with Crippen molar-refractivity contribution in [3.05, 3.63) is 65.2 Å². The first-order chi connectivity index (χ1) is 13.1. The molecule has 2 rings (SSSR count). The molecule has 0 aliphatic heterocycles. The van der Waals surface area contributed by atoms with E-state index in [4.69, 9.17) is 15.0 Å². The predicted molar refractivity (Wildman–Crippen MR) is 105 cm³/mol. The molecule has 8 heteroatoms. The molecule has 0 fully saturated rings. The van der Waals surface area contributed by atoms with Crippen LogP contribution >= 0.6 is 0 Å². The van der Waals surface area contributed by atoms with Crippen LogP contribution in [0.3, 0.4) is 0 Å². The van der Waals surface area contributed by atoms with Gasteiger partial charge in [0.25, 0.3) is 10.1 Å². The van der Waals surface area contributed by atoms with Crippen LogP contribution in [0.1, 0.15) is 29.5 Å². The third-order valence-electron chi connectivity index (χ3n) is 3.67. The van der Waals surface area contributed by atoms with E-state index in [1.165, 1.54) is 12.1 Å². The first-order valence-corrected chi connectivity index (χ1v) is 10.0. The van der Waals surface area contributed by atoms with Crippen molar-refractivity contribution in [1.29, 1.82) is 0 Å². The van der Waals surface area contributed by atoms with Crippen molar-refractivity contribution < 1.29 is 27.3 Å². The number of carbonyl (C=O) groups is 2. The fourth-order valence-corrected chi connectivity index (χ4v) is 2.45. The molecule has 0 unspecified atom stereocenters. The summed E-state index contributed by atoms with van der Waals surface area (Å²) in [5.74, 6) is -0.496. The minimum Gasteiger partial charge on any atom is -0.461 e. The van der Waals surface area contributed by atoms with Crippen molar-refractivity contribution >= 4 is 21.9 Å². The van der Waals surface area contributed by atoms with E-state index in [-0.39, 0.29) is 42.6 Å². The molecule has 7 nitrogen and oxygen atoms in total. The first-order valence-electron chi connectivity index (χ1n) is 8.59. The van der Waals surface area contributed by atoms with E-state index in [2.05, 4.69) is 0 Å². The summed E-state index contributed by atoms with van der Waals surface area (Å²) in [6.07, 6.45) is 0.255. The van der Waals surface area contributed by atoms with Gasteiger partial charge in [-0.05, 0) is 31.5 Å². The van der Waals surface area contributed by atoms with Gasteiger partial charge >= 0.3 is 5.97 Å². The highest BCUT2D eigenvalue weighted by Gasteiger charge is 2.07. The van der Waals surface area contributed by atoms with Crippen LogP contribution in [0.4, 0.5) is 0 Å². The largest absolute Gasteiger partial charge is 0.461 e. The summed E-state index contributed by atoms with van der Waals surface area (Å²) in [7, 11) is -4.02. The number of hydrogen-bond acceptors (Lipinski definition) is 6. The molecule has 3 N–H and O–H groups in total. The molecular formula is C20H25NO6S. The lowest BCUT2D eigenvalue weighted by Gasteiger charge is -2.04. The second kappa shape index (κ2) is 11.3. The Labute approximate surface area is 165 Å². The number of hydrogen-bond donors (Lipinski definition) is 2. The van der Waals surface area contributed by atoms with Crippen molar-refractivity contribution in [2.75, 3.05) is 6.54 Å². The van der Waals surface area contributed by atoms with Gasteiger partial charge in [-0.15, -0.1) is 0 Å². The highest BCUT2D eigenvalue weighted by molar-refractivity contribution is 7.85. The predicted octanol–water partition coefficient (Wildman–Crippen LogP) is 2.59. The Bertz CT molecular complexity index is 874. The van der Waals surface area contributed by atoms with Crippen molar-refractivity contribution in [2.45, 2.75) is 38.2 Å². The van der Waals surface area contributed by atoms with Crippen molar-refractivity contribution in [2.24, 2.45) is 5.73 Å². The van der Waals surface area contributed by atoms with Crippen LogP contribution in [0.5, 0.6) is 0 Å². The Morgan fingerprint density at radius 2 is 1.43 bits per heavy atom. The smallest absolute Gasteiger partial charge is 0.306 e. The summed E-state index contributed by atoms with van der Waals surface area (Å²) >= 11 is 0. The zero-order valence-electron chi connectivity index (χ0n) is 15.9. The minimum absolute atomic E-state index is 0.0226. The molecule has 0 aliphatic carbocycles. The maximum Gasteiger partial charge on any atom is 0.306 e. The van der Waals surface area contributed by atoms with Crippen molar-refractivity contribution in [3.8, 4) is 0 Å². The van der Waals surface area contributed by atoms with E-state index in [1.807, 2.05) is 38.1 Å². The van der Waals surface area contributed by atoms with Gasteiger partial charge in [-0.2, -0.15) is 8.42 Å². The summed E-state index contributed by atoms with van der Waals surface area (Å²) in [5.41, 5.74) is 8.19. The standard InChI is InChI=1S/C13H17NO3.C7H8O3S/c1-10-2-4-11(5-3-10)9-17-13(16)7-6-12(15)8-14;1-6-2-4-7(5-3-6)11(8,9)10/h2-5H,6-9,14H2,1H3;2-5H,1H3,(H,8,9,10). The van der Waals surface area contributed by atoms with E-state index < -0.39 is 10.1 Å². The van der Waals surface area contributed by atoms with Gasteiger partial charge in [0.1, 0.15) is 12.4 Å². The monoisotopic (exact) mass is 407 g/mol. The Morgan fingerprint density at radius 1 is 0.929 bits per heavy atom. The molecule has 0 bridgehead atoms. The van der Waals surface area contributed by atoms with Crippen LogP contribution in [-0.2, 0) is 31.1 Å². The Kier molecular flexibility index (Phi) is 9.50. The second-order valence-corrected chi connectivity index (χ2v) is 7.60. The van der Waals surface area contributed by atoms with Crippen LogP contribution in [0.15, 0.2) is 53.4 Å². The number of benzene rings is 2. The third-order valence-corrected chi connectivity index (χ3v) is 4.54. The highest BCUT2D eigenvalue weighted by Crippen LogP contribution is 2.08. The molecule has 0 radical (unpaired) electrons. The molecule has 2 aromatic rings. The summed E-state index contributed by atoms with van der Waals surface area (Å²) in [5, 5.41) is 0. The lowest BCUT2D eigenvalue weighted by atomic mass is 10.2. The zero-order chi connectivity index (χ0) is 21.2. The van der Waals surface area contributed by atoms with Crippen LogP contribution < -0.4 is 5.73 Å². The molecule has 0 aromatic heterocycles. The summed E-state index contributed by atoms with van der Waals surface area (Å²) in [6.45, 7) is 4.06. The SMILES string of the molecule is Cc1ccc(COC(=O)CCC(=O)CN)cc1.Cc1ccc(S(=O)(=O)O)cc1. The quantitative estimate of drug-likeness (QED) is 0.534. The van der Waals surface area contributed by atoms with Gasteiger partial charge < -0.3 is 10.5 Å². The van der Waals surface area contributed by atoms with Gasteiger partial charge in [0.05, 0.1) is 17.9 Å². The van der Waals surface area contributed by atoms with Crippen molar-refractivity contribution in [1.82, 2.24) is 0 Å².